The number of methoxy groups -OCH3 is 1. The summed E-state index contributed by atoms with van der Waals surface area (Å²) in [6.07, 6.45) is 2.50. The minimum atomic E-state index is 0.803. The SMILES string of the molecule is COc1ccc(CCNc2cc(N(C)c3ccccc3)ncn2)cc1. The molecule has 1 N–H and O–H groups in total. The van der Waals surface area contributed by atoms with Crippen LogP contribution in [0.15, 0.2) is 67.0 Å². The molecule has 25 heavy (non-hydrogen) atoms. The number of rotatable bonds is 7. The Balaban J connectivity index is 1.59. The van der Waals surface area contributed by atoms with Gasteiger partial charge in [-0.1, -0.05) is 30.3 Å². The molecule has 0 spiro atoms. The van der Waals surface area contributed by atoms with E-state index in [-0.39, 0.29) is 0 Å². The zero-order chi connectivity index (χ0) is 17.5. The molecule has 5 heteroatoms. The number of anilines is 3. The highest BCUT2D eigenvalue weighted by molar-refractivity contribution is 5.61. The van der Waals surface area contributed by atoms with E-state index in [2.05, 4.69) is 39.6 Å². The number of benzene rings is 2. The van der Waals surface area contributed by atoms with Gasteiger partial charge in [-0.3, -0.25) is 0 Å². The highest BCUT2D eigenvalue weighted by Crippen LogP contribution is 2.22. The maximum absolute atomic E-state index is 5.18. The van der Waals surface area contributed by atoms with Crippen LogP contribution in [0.1, 0.15) is 5.56 Å². The van der Waals surface area contributed by atoms with E-state index in [9.17, 15) is 0 Å². The first-order valence-electron chi connectivity index (χ1n) is 8.24. The first kappa shape index (κ1) is 16.8. The number of para-hydroxylation sites is 1. The van der Waals surface area contributed by atoms with E-state index in [4.69, 9.17) is 4.74 Å². The van der Waals surface area contributed by atoms with Crippen molar-refractivity contribution >= 4 is 17.3 Å². The molecule has 0 aliphatic rings. The summed E-state index contributed by atoms with van der Waals surface area (Å²) in [6, 6.07) is 20.2. The van der Waals surface area contributed by atoms with Crippen molar-refractivity contribution in [3.05, 3.63) is 72.6 Å². The summed E-state index contributed by atoms with van der Waals surface area (Å²) in [5, 5.41) is 3.36. The Kier molecular flexibility index (Phi) is 5.46. The second-order valence-electron chi connectivity index (χ2n) is 5.68. The fourth-order valence-electron chi connectivity index (χ4n) is 2.54. The minimum Gasteiger partial charge on any atom is -0.497 e. The fraction of sp³-hybridized carbons (Fsp3) is 0.200. The van der Waals surface area contributed by atoms with Gasteiger partial charge in [0.25, 0.3) is 0 Å². The summed E-state index contributed by atoms with van der Waals surface area (Å²) in [7, 11) is 3.68. The first-order valence-corrected chi connectivity index (χ1v) is 8.24. The third kappa shape index (κ3) is 4.47. The Hall–Kier alpha value is -3.08. The Morgan fingerprint density at radius 3 is 2.48 bits per heavy atom. The first-order chi connectivity index (χ1) is 12.3. The lowest BCUT2D eigenvalue weighted by molar-refractivity contribution is 0.414. The van der Waals surface area contributed by atoms with E-state index >= 15 is 0 Å². The van der Waals surface area contributed by atoms with Crippen molar-refractivity contribution in [2.75, 3.05) is 30.9 Å². The van der Waals surface area contributed by atoms with Gasteiger partial charge >= 0.3 is 0 Å². The van der Waals surface area contributed by atoms with Gasteiger partial charge in [0.1, 0.15) is 23.7 Å². The van der Waals surface area contributed by atoms with Crippen LogP contribution in [0, 0.1) is 0 Å². The summed E-state index contributed by atoms with van der Waals surface area (Å²) < 4.78 is 5.18. The summed E-state index contributed by atoms with van der Waals surface area (Å²) >= 11 is 0. The van der Waals surface area contributed by atoms with Crippen LogP contribution in [0.3, 0.4) is 0 Å². The molecular weight excluding hydrogens is 312 g/mol. The van der Waals surface area contributed by atoms with Crippen molar-refractivity contribution in [2.45, 2.75) is 6.42 Å². The second kappa shape index (κ2) is 8.15. The van der Waals surface area contributed by atoms with Gasteiger partial charge in [-0.05, 0) is 36.2 Å². The number of nitrogens with one attached hydrogen (secondary N) is 1. The summed E-state index contributed by atoms with van der Waals surface area (Å²) in [5.74, 6) is 2.55. The predicted octanol–water partition coefficient (Wildman–Crippen LogP) is 3.91. The van der Waals surface area contributed by atoms with Gasteiger partial charge in [-0.2, -0.15) is 0 Å². The zero-order valence-electron chi connectivity index (χ0n) is 14.5. The van der Waals surface area contributed by atoms with Gasteiger partial charge in [0.15, 0.2) is 0 Å². The van der Waals surface area contributed by atoms with Gasteiger partial charge in [-0.15, -0.1) is 0 Å². The van der Waals surface area contributed by atoms with E-state index in [1.807, 2.05) is 48.3 Å². The summed E-state index contributed by atoms with van der Waals surface area (Å²) in [6.45, 7) is 0.803. The molecule has 0 radical (unpaired) electrons. The molecule has 0 saturated heterocycles. The van der Waals surface area contributed by atoms with Crippen molar-refractivity contribution in [3.8, 4) is 5.75 Å². The lowest BCUT2D eigenvalue weighted by Crippen LogP contribution is -2.13. The molecule has 0 aliphatic carbocycles. The van der Waals surface area contributed by atoms with Crippen molar-refractivity contribution in [2.24, 2.45) is 0 Å². The Morgan fingerprint density at radius 1 is 1.00 bits per heavy atom. The molecule has 128 valence electrons. The smallest absolute Gasteiger partial charge is 0.138 e. The van der Waals surface area contributed by atoms with Gasteiger partial charge in [0.05, 0.1) is 7.11 Å². The van der Waals surface area contributed by atoms with Gasteiger partial charge in [0.2, 0.25) is 0 Å². The maximum atomic E-state index is 5.18. The minimum absolute atomic E-state index is 0.803. The van der Waals surface area contributed by atoms with Crippen molar-refractivity contribution in [3.63, 3.8) is 0 Å². The number of ether oxygens (including phenoxy) is 1. The molecule has 0 amide bonds. The summed E-state index contributed by atoms with van der Waals surface area (Å²) in [4.78, 5) is 10.7. The Morgan fingerprint density at radius 2 is 1.76 bits per heavy atom. The highest BCUT2D eigenvalue weighted by Gasteiger charge is 2.06. The third-order valence-corrected chi connectivity index (χ3v) is 4.02. The molecule has 0 unspecified atom stereocenters. The van der Waals surface area contributed by atoms with E-state index in [1.165, 1.54) is 5.56 Å². The predicted molar refractivity (Wildman–Crippen MR) is 102 cm³/mol. The maximum Gasteiger partial charge on any atom is 0.138 e. The highest BCUT2D eigenvalue weighted by atomic mass is 16.5. The monoisotopic (exact) mass is 334 g/mol. The molecule has 3 aromatic rings. The quantitative estimate of drug-likeness (QED) is 0.710. The molecule has 0 bridgehead atoms. The standard InChI is InChI=1S/C20H22N4O/c1-24(17-6-4-3-5-7-17)20-14-19(22-15-23-20)21-13-12-16-8-10-18(25-2)11-9-16/h3-11,14-15H,12-13H2,1-2H3,(H,21,22,23). The van der Waals surface area contributed by atoms with Crippen LogP contribution in [0.5, 0.6) is 5.75 Å². The number of aromatic nitrogens is 2. The topological polar surface area (TPSA) is 50.3 Å². The molecule has 5 nitrogen and oxygen atoms in total. The van der Waals surface area contributed by atoms with Crippen LogP contribution < -0.4 is 15.0 Å². The van der Waals surface area contributed by atoms with E-state index in [0.29, 0.717) is 0 Å². The van der Waals surface area contributed by atoms with Crippen molar-refractivity contribution < 1.29 is 4.74 Å². The largest absolute Gasteiger partial charge is 0.497 e. The second-order valence-corrected chi connectivity index (χ2v) is 5.68. The fourth-order valence-corrected chi connectivity index (χ4v) is 2.54. The lowest BCUT2D eigenvalue weighted by atomic mass is 10.1. The normalized spacial score (nSPS) is 10.3. The van der Waals surface area contributed by atoms with Crippen LogP contribution >= 0.6 is 0 Å². The molecule has 2 aromatic carbocycles. The molecule has 0 saturated carbocycles. The number of hydrogen-bond acceptors (Lipinski definition) is 5. The number of nitrogens with zero attached hydrogens (tertiary/aromatic N) is 3. The van der Waals surface area contributed by atoms with Crippen LogP contribution in [-0.4, -0.2) is 30.7 Å². The molecule has 0 aliphatic heterocycles. The van der Waals surface area contributed by atoms with E-state index in [1.54, 1.807) is 13.4 Å². The van der Waals surface area contributed by atoms with Crippen LogP contribution in [-0.2, 0) is 6.42 Å². The van der Waals surface area contributed by atoms with E-state index in [0.717, 1.165) is 36.0 Å². The van der Waals surface area contributed by atoms with Crippen molar-refractivity contribution in [1.82, 2.24) is 9.97 Å². The van der Waals surface area contributed by atoms with Crippen LogP contribution in [0.4, 0.5) is 17.3 Å². The molecule has 3 rings (SSSR count). The molecule has 0 fully saturated rings. The Labute approximate surface area is 148 Å². The number of hydrogen-bond donors (Lipinski definition) is 1. The molecule has 0 atom stereocenters. The molecular formula is C20H22N4O. The van der Waals surface area contributed by atoms with Gasteiger partial charge < -0.3 is 15.0 Å². The Bertz CT molecular complexity index is 790. The van der Waals surface area contributed by atoms with Gasteiger partial charge in [0, 0.05) is 25.3 Å². The third-order valence-electron chi connectivity index (χ3n) is 4.02. The lowest BCUT2D eigenvalue weighted by Gasteiger charge is -2.18. The van der Waals surface area contributed by atoms with E-state index < -0.39 is 0 Å². The van der Waals surface area contributed by atoms with Crippen LogP contribution in [0.2, 0.25) is 0 Å². The average molecular weight is 334 g/mol. The zero-order valence-corrected chi connectivity index (χ0v) is 14.5. The molecule has 1 heterocycles. The van der Waals surface area contributed by atoms with Crippen molar-refractivity contribution in [1.29, 1.82) is 0 Å². The molecule has 1 aromatic heterocycles. The summed E-state index contributed by atoms with van der Waals surface area (Å²) in [5.41, 5.74) is 2.34. The van der Waals surface area contributed by atoms with Crippen LogP contribution in [0.25, 0.3) is 0 Å². The van der Waals surface area contributed by atoms with Gasteiger partial charge in [-0.25, -0.2) is 9.97 Å². The average Bonchev–Trinajstić information content (AvgIpc) is 2.69.